The molecule has 25 nitrogen and oxygen atoms in total. The van der Waals surface area contributed by atoms with Crippen molar-refractivity contribution in [3.8, 4) is 88.3 Å². The molecule has 0 fully saturated rings. The van der Waals surface area contributed by atoms with Gasteiger partial charge in [0, 0.05) is 47.5 Å². The summed E-state index contributed by atoms with van der Waals surface area (Å²) in [6.07, 6.45) is 6.35. The number of carboxylic acids is 1. The van der Waals surface area contributed by atoms with Crippen molar-refractivity contribution in [1.29, 1.82) is 0 Å². The first kappa shape index (κ1) is 106. The molecule has 36 heteroatoms. The number of nitrogens with one attached hydrogen (secondary N) is 2. The monoisotopic (exact) mass is 1980 g/mol. The molecule has 118 heavy (non-hydrogen) atoms. The van der Waals surface area contributed by atoms with Crippen LogP contribution in [0.25, 0.3) is 42.3 Å². The number of thiocarbonyl (C=S) groups is 1. The number of amides is 2. The molecule has 4 aromatic heterocycles. The highest BCUT2D eigenvalue weighted by atomic mass is 79.9. The molecule has 0 saturated carbocycles. The van der Waals surface area contributed by atoms with Crippen molar-refractivity contribution in [2.45, 2.75) is 61.1 Å². The minimum absolute atomic E-state index is 0. The Morgan fingerprint density at radius 3 is 1.09 bits per heavy atom. The summed E-state index contributed by atoms with van der Waals surface area (Å²) in [7, 11) is 6.46. The van der Waals surface area contributed by atoms with Gasteiger partial charge in [0.2, 0.25) is 0 Å². The van der Waals surface area contributed by atoms with Crippen LogP contribution in [0.1, 0.15) is 97.1 Å². The molecule has 2 amide bonds. The zero-order valence-electron chi connectivity index (χ0n) is 62.1. The number of nitrogens with zero attached hydrogens (tertiary/aromatic N) is 4. The number of halogens is 5. The molecule has 0 spiro atoms. The van der Waals surface area contributed by atoms with Crippen molar-refractivity contribution in [2.24, 2.45) is 11.5 Å². The summed E-state index contributed by atoms with van der Waals surface area (Å²) >= 11 is 24.3. The minimum atomic E-state index is -1.15. The van der Waals surface area contributed by atoms with E-state index in [2.05, 4.69) is 82.6 Å². The number of aromatic hydroxyl groups is 4. The Morgan fingerprint density at radius 2 is 0.797 bits per heavy atom. The van der Waals surface area contributed by atoms with Gasteiger partial charge in [0.1, 0.15) is 96.8 Å². The Bertz CT molecular complexity index is 4980. The maximum absolute atomic E-state index is 12.2. The predicted octanol–water partition coefficient (Wildman–Crippen LogP) is 19.3. The van der Waals surface area contributed by atoms with Crippen LogP contribution in [-0.2, 0) is 38.7 Å². The second-order valence-corrected chi connectivity index (χ2v) is 33.6. The molecule has 0 radical (unpaired) electrons. The lowest BCUT2D eigenvalue weighted by atomic mass is 10.2. The molecule has 1 unspecified atom stereocenters. The second-order valence-electron chi connectivity index (χ2n) is 22.1. The molecule has 0 aliphatic rings. The highest BCUT2D eigenvalue weighted by Crippen LogP contribution is 2.31. The first-order chi connectivity index (χ1) is 54.7. The first-order valence-corrected chi connectivity index (χ1v) is 40.3. The molecule has 1 atom stereocenters. The van der Waals surface area contributed by atoms with Gasteiger partial charge in [-0.1, -0.05) is 70.9 Å². The van der Waals surface area contributed by atoms with Crippen LogP contribution in [0, 0.1) is 0 Å². The zero-order valence-corrected chi connectivity index (χ0v) is 73.4. The summed E-state index contributed by atoms with van der Waals surface area (Å²) in [5.74, 6) is 1.61. The highest BCUT2D eigenvalue weighted by Gasteiger charge is 2.17. The number of aromatic nitrogens is 4. The van der Waals surface area contributed by atoms with Gasteiger partial charge in [-0.15, -0.1) is 121 Å². The number of carboxylic acid groups (broad SMARTS) is 1. The molecule has 0 aliphatic heterocycles. The van der Waals surface area contributed by atoms with Gasteiger partial charge < -0.3 is 80.8 Å². The maximum Gasteiger partial charge on any atom is 0.369 e. The third kappa shape index (κ3) is 38.5. The Labute approximate surface area is 747 Å². The van der Waals surface area contributed by atoms with E-state index in [-0.39, 0.29) is 94.7 Å². The topological polar surface area (TPSA) is 387 Å². The summed E-state index contributed by atoms with van der Waals surface area (Å²) < 4.78 is 29.8. The Kier molecular flexibility index (Phi) is 51.9. The molecular formula is C82H90BBr4ClN8O17S5. The van der Waals surface area contributed by atoms with E-state index < -0.39 is 17.3 Å². The lowest BCUT2D eigenvalue weighted by Gasteiger charge is -2.04. The molecule has 628 valence electrons. The number of benzene rings is 8. The van der Waals surface area contributed by atoms with Gasteiger partial charge in [-0.2, -0.15) is 0 Å². The van der Waals surface area contributed by atoms with Crippen LogP contribution < -0.4 is 41.0 Å². The highest BCUT2D eigenvalue weighted by molar-refractivity contribution is 9.69. The standard InChI is InChI=1S/C18H16N2O3S.C17H14N2O3S.C13H13NO3S.C11H9NO3S.C8H9NOS.C7H9NO.C5H7ClO3.3CH4.BBr3.BrH/c1-23-15-7-5-13(6-8-15)18-20-11-16(24-18)17(22)19-10-12-3-2-4-14(21)9-12;20-13-6-4-12(5-7-13)17-19-10-15(23-17)16(22)18-9-11-2-1-3-14(21)8-11;1-3-17-13(15)11-8-14-12(18-11)9-4-6-10(16-2)7-5-9;1-15-8-4-2-7(3-5-8)10-12-6-9(16-10)11(13)14;1-10-7-4-2-6(3-5-7)8(9)11;8-5-6-2-1-3-7(9)4-6;1-2-9-5(8)4(6)3-7;;;;2-1(3)4;/h2-9,11,21H,10H2,1H3,(H,19,22);1-8,10,20-21H,9H2,(H,18,22);4-8H,3H2,1-2H3;2-6H,1H3,(H,13,14);2-5H,1H3,(H2,9,11);1-4,9H,5,8H2;3-4H,2H2,1H3;3*1H4;;1H. The third-order valence-corrected chi connectivity index (χ3v) is 18.8. The number of phenolic OH excluding ortho intramolecular Hbond substituents is 4. The number of hydrogen-bond donors (Lipinski definition) is 9. The van der Waals surface area contributed by atoms with Crippen molar-refractivity contribution in [1.82, 2.24) is 30.6 Å². The number of thiazole rings is 4. The van der Waals surface area contributed by atoms with Crippen LogP contribution >= 0.6 is 133 Å². The van der Waals surface area contributed by atoms with Gasteiger partial charge in [-0.25, -0.2) is 34.3 Å². The number of aldehydes is 1. The fourth-order valence-electron chi connectivity index (χ4n) is 8.63. The summed E-state index contributed by atoms with van der Waals surface area (Å²) in [4.78, 5) is 85.8. The van der Waals surface area contributed by atoms with Gasteiger partial charge in [0.05, 0.1) is 66.4 Å². The number of ether oxygens (including phenoxy) is 6. The van der Waals surface area contributed by atoms with E-state index >= 15 is 0 Å². The van der Waals surface area contributed by atoms with E-state index in [4.69, 9.17) is 69.2 Å². The van der Waals surface area contributed by atoms with E-state index in [0.29, 0.717) is 62.2 Å². The lowest BCUT2D eigenvalue weighted by molar-refractivity contribution is -0.143. The molecular weight excluding hydrogens is 1900 g/mol. The fourth-order valence-corrected chi connectivity index (χ4v) is 12.1. The van der Waals surface area contributed by atoms with Crippen LogP contribution in [0.5, 0.6) is 46.0 Å². The van der Waals surface area contributed by atoms with E-state index in [0.717, 1.165) is 88.9 Å². The number of methoxy groups -OCH3 is 4. The summed E-state index contributed by atoms with van der Waals surface area (Å²) in [5.41, 5.74) is 17.8. The quantitative estimate of drug-likeness (QED) is 0.00760. The van der Waals surface area contributed by atoms with E-state index in [1.807, 2.05) is 115 Å². The molecule has 0 aliphatic carbocycles. The van der Waals surface area contributed by atoms with Crippen LogP contribution in [-0.4, -0.2) is 137 Å². The lowest BCUT2D eigenvalue weighted by Crippen LogP contribution is -2.21. The summed E-state index contributed by atoms with van der Waals surface area (Å²) in [6.45, 7) is 5.21. The largest absolute Gasteiger partial charge is 0.508 e. The number of aromatic carboxylic acids is 1. The van der Waals surface area contributed by atoms with Gasteiger partial charge in [-0.05, 0) is 188 Å². The average Bonchev–Trinajstić information content (AvgIpc) is 1.71. The summed E-state index contributed by atoms with van der Waals surface area (Å²) in [6, 6.07) is 56.9. The predicted molar refractivity (Wildman–Crippen MR) is 493 cm³/mol. The van der Waals surface area contributed by atoms with Crippen molar-refractivity contribution in [2.75, 3.05) is 41.7 Å². The minimum Gasteiger partial charge on any atom is -0.508 e. The number of phenols is 4. The number of nitrogens with two attached hydrogens (primary N) is 2. The molecule has 12 aromatic rings. The first-order valence-electron chi connectivity index (χ1n) is 33.4. The van der Waals surface area contributed by atoms with Crippen molar-refractivity contribution < 1.29 is 82.7 Å². The van der Waals surface area contributed by atoms with Gasteiger partial charge in [-0.3, -0.25) is 9.59 Å². The Morgan fingerprint density at radius 1 is 0.492 bits per heavy atom. The normalized spacial score (nSPS) is 9.79. The SMILES string of the molecule is Br.BrB(Br)Br.C.C.C.CCOC(=O)C(Cl)C=O.CCOC(=O)c1cnc(-c2ccc(OC)cc2)s1.COc1ccc(-c2ncc(C(=O)NCc3cccc(O)c3)s2)cc1.COc1ccc(-c2ncc(C(=O)O)s2)cc1.COc1ccc(C(N)=S)cc1.NCc1cccc(O)c1.O=C(NCc1cccc(O)c1)c1cnc(-c2ccc(O)cc2)s1. The van der Waals surface area contributed by atoms with Gasteiger partial charge in [0.25, 0.3) is 11.8 Å². The second kappa shape index (κ2) is 57.8. The zero-order chi connectivity index (χ0) is 83.5. The maximum atomic E-state index is 12.2. The van der Waals surface area contributed by atoms with Crippen molar-refractivity contribution in [3.63, 3.8) is 0 Å². The molecule has 8 aromatic carbocycles. The molecule has 0 saturated heterocycles. The third-order valence-electron chi connectivity index (χ3n) is 14.2. The van der Waals surface area contributed by atoms with Crippen LogP contribution in [0.4, 0.5) is 0 Å². The molecule has 12 rings (SSSR count). The van der Waals surface area contributed by atoms with Crippen LogP contribution in [0.15, 0.2) is 219 Å². The van der Waals surface area contributed by atoms with E-state index in [1.165, 1.54) is 46.4 Å². The Balaban J connectivity index is 0.000000697. The molecule has 0 bridgehead atoms. The molecule has 4 heterocycles. The van der Waals surface area contributed by atoms with E-state index in [9.17, 15) is 44.1 Å². The Hall–Kier alpha value is -10.2. The number of alkyl halides is 1. The number of carbonyl (C=O) groups excluding carboxylic acids is 5. The van der Waals surface area contributed by atoms with E-state index in [1.54, 1.807) is 134 Å². The smallest absolute Gasteiger partial charge is 0.369 e. The van der Waals surface area contributed by atoms with Crippen LogP contribution in [0.2, 0.25) is 0 Å². The summed E-state index contributed by atoms with van der Waals surface area (Å²) in [5, 5.41) is 53.3. The van der Waals surface area contributed by atoms with Gasteiger partial charge >= 0.3 is 21.1 Å². The number of carbonyl (C=O) groups is 6. The van der Waals surface area contributed by atoms with Gasteiger partial charge in [0.15, 0.2) is 5.38 Å². The van der Waals surface area contributed by atoms with Crippen molar-refractivity contribution >= 4 is 178 Å². The average molecular weight is 1990 g/mol. The number of hydrogen-bond acceptors (Lipinski definition) is 26. The molecule has 11 N–H and O–H groups in total. The number of esters is 2. The number of rotatable bonds is 22. The van der Waals surface area contributed by atoms with Crippen LogP contribution in [0.3, 0.4) is 0 Å². The fraction of sp³-hybridized carbons (Fsp3) is 0.183. The van der Waals surface area contributed by atoms with Crippen molar-refractivity contribution in [3.05, 3.63) is 261 Å².